The number of aliphatic carboxylic acids is 1. The molecule has 13 heavy (non-hydrogen) atoms. The van der Waals surface area contributed by atoms with Gasteiger partial charge in [-0.15, -0.1) is 0 Å². The number of aromatic amines is 1. The molecule has 0 saturated carbocycles. The number of nitrogens with one attached hydrogen (secondary N) is 1. The zero-order valence-corrected chi connectivity index (χ0v) is 7.00. The Bertz CT molecular complexity index is 455. The van der Waals surface area contributed by atoms with Crippen LogP contribution in [0.1, 0.15) is 11.5 Å². The molecule has 2 aromatic rings. The number of furan rings is 1. The predicted octanol–water partition coefficient (Wildman–Crippen LogP) is 1.09. The molecule has 0 unspecified atom stereocenters. The summed E-state index contributed by atoms with van der Waals surface area (Å²) in [5, 5.41) is 15.1. The number of carboxylic acid groups (broad SMARTS) is 1. The highest BCUT2D eigenvalue weighted by Gasteiger charge is 2.12. The van der Waals surface area contributed by atoms with Crippen LogP contribution in [0.3, 0.4) is 0 Å². The van der Waals surface area contributed by atoms with E-state index in [0.717, 1.165) is 5.76 Å². The molecule has 0 amide bonds. The smallest absolute Gasteiger partial charge is 0.309 e. The first-order chi connectivity index (χ1) is 6.16. The molecule has 68 valence electrons. The van der Waals surface area contributed by atoms with Crippen molar-refractivity contribution in [3.05, 3.63) is 17.5 Å². The maximum atomic E-state index is 10.4. The van der Waals surface area contributed by atoms with E-state index in [9.17, 15) is 4.79 Å². The standard InChI is InChI=1S/C8H8N2O3/c1-4-2-5-8(13-4)6(10-9-5)3-7(11)12/h2H,3H2,1H3,(H,9,10)(H,11,12). The second kappa shape index (κ2) is 2.62. The van der Waals surface area contributed by atoms with E-state index < -0.39 is 5.97 Å². The average molecular weight is 180 g/mol. The molecule has 0 spiro atoms. The summed E-state index contributed by atoms with van der Waals surface area (Å²) in [6.45, 7) is 1.80. The quantitative estimate of drug-likeness (QED) is 0.725. The summed E-state index contributed by atoms with van der Waals surface area (Å²) < 4.78 is 5.28. The summed E-state index contributed by atoms with van der Waals surface area (Å²) in [6, 6.07) is 1.76. The Hall–Kier alpha value is -1.78. The zero-order valence-electron chi connectivity index (χ0n) is 7.00. The average Bonchev–Trinajstić information content (AvgIpc) is 2.51. The van der Waals surface area contributed by atoms with Gasteiger partial charge in [0, 0.05) is 6.07 Å². The molecule has 0 atom stereocenters. The van der Waals surface area contributed by atoms with Gasteiger partial charge in [-0.3, -0.25) is 9.89 Å². The Morgan fingerprint density at radius 1 is 1.77 bits per heavy atom. The minimum atomic E-state index is -0.903. The fourth-order valence-corrected chi connectivity index (χ4v) is 1.25. The molecule has 0 aliphatic heterocycles. The molecule has 0 radical (unpaired) electrons. The first-order valence-electron chi connectivity index (χ1n) is 3.82. The molecule has 0 bridgehead atoms. The third kappa shape index (κ3) is 1.28. The van der Waals surface area contributed by atoms with Gasteiger partial charge in [0.05, 0.1) is 12.1 Å². The van der Waals surface area contributed by atoms with Crippen molar-refractivity contribution in [1.29, 1.82) is 0 Å². The number of aromatic nitrogens is 2. The normalized spacial score (nSPS) is 10.8. The number of hydrogen-bond acceptors (Lipinski definition) is 3. The molecule has 2 rings (SSSR count). The molecule has 5 nitrogen and oxygen atoms in total. The van der Waals surface area contributed by atoms with Crippen LogP contribution in [0.4, 0.5) is 0 Å². The zero-order chi connectivity index (χ0) is 9.42. The highest BCUT2D eigenvalue weighted by atomic mass is 16.4. The van der Waals surface area contributed by atoms with Crippen LogP contribution in [-0.4, -0.2) is 21.3 Å². The third-order valence-electron chi connectivity index (χ3n) is 1.75. The number of carboxylic acids is 1. The first kappa shape index (κ1) is 7.85. The van der Waals surface area contributed by atoms with Crippen LogP contribution < -0.4 is 0 Å². The highest BCUT2D eigenvalue weighted by Crippen LogP contribution is 2.19. The Balaban J connectivity index is 2.50. The van der Waals surface area contributed by atoms with Crippen molar-refractivity contribution >= 4 is 17.1 Å². The minimum absolute atomic E-state index is 0.0938. The Morgan fingerprint density at radius 2 is 2.54 bits per heavy atom. The van der Waals surface area contributed by atoms with Gasteiger partial charge < -0.3 is 9.52 Å². The molecule has 0 aromatic carbocycles. The summed E-state index contributed by atoms with van der Waals surface area (Å²) in [6.07, 6.45) is -0.0938. The summed E-state index contributed by atoms with van der Waals surface area (Å²) >= 11 is 0. The topological polar surface area (TPSA) is 79.1 Å². The summed E-state index contributed by atoms with van der Waals surface area (Å²) in [7, 11) is 0. The van der Waals surface area contributed by atoms with E-state index >= 15 is 0 Å². The van der Waals surface area contributed by atoms with Gasteiger partial charge in [-0.05, 0) is 6.92 Å². The van der Waals surface area contributed by atoms with Crippen LogP contribution >= 0.6 is 0 Å². The van der Waals surface area contributed by atoms with Crippen molar-refractivity contribution in [3.63, 3.8) is 0 Å². The van der Waals surface area contributed by atoms with Gasteiger partial charge in [0.25, 0.3) is 0 Å². The number of aryl methyl sites for hydroxylation is 1. The van der Waals surface area contributed by atoms with E-state index in [0.29, 0.717) is 16.8 Å². The molecular formula is C8H8N2O3. The van der Waals surface area contributed by atoms with Crippen molar-refractivity contribution in [1.82, 2.24) is 10.2 Å². The summed E-state index contributed by atoms with van der Waals surface area (Å²) in [5.41, 5.74) is 1.73. The Labute approximate surface area is 73.4 Å². The van der Waals surface area contributed by atoms with Crippen LogP contribution in [0, 0.1) is 6.92 Å². The second-order valence-electron chi connectivity index (χ2n) is 2.84. The number of H-pyrrole nitrogens is 1. The van der Waals surface area contributed by atoms with E-state index in [4.69, 9.17) is 9.52 Å². The molecule has 5 heteroatoms. The maximum Gasteiger partial charge on any atom is 0.309 e. The molecule has 0 aliphatic carbocycles. The lowest BCUT2D eigenvalue weighted by Crippen LogP contribution is -2.00. The van der Waals surface area contributed by atoms with Gasteiger partial charge in [-0.1, -0.05) is 0 Å². The van der Waals surface area contributed by atoms with Gasteiger partial charge in [-0.25, -0.2) is 0 Å². The molecule has 0 fully saturated rings. The van der Waals surface area contributed by atoms with Crippen molar-refractivity contribution in [2.45, 2.75) is 13.3 Å². The van der Waals surface area contributed by atoms with Gasteiger partial charge in [0.15, 0.2) is 5.58 Å². The number of nitrogens with zero attached hydrogens (tertiary/aromatic N) is 1. The van der Waals surface area contributed by atoms with E-state index in [1.54, 1.807) is 13.0 Å². The van der Waals surface area contributed by atoms with E-state index in [-0.39, 0.29) is 6.42 Å². The van der Waals surface area contributed by atoms with Gasteiger partial charge in [0.1, 0.15) is 11.3 Å². The van der Waals surface area contributed by atoms with Crippen LogP contribution in [0.15, 0.2) is 10.5 Å². The molecule has 0 saturated heterocycles. The van der Waals surface area contributed by atoms with E-state index in [1.165, 1.54) is 0 Å². The highest BCUT2D eigenvalue weighted by molar-refractivity contribution is 5.80. The van der Waals surface area contributed by atoms with Crippen LogP contribution in [0.25, 0.3) is 11.1 Å². The number of rotatable bonds is 2. The third-order valence-corrected chi connectivity index (χ3v) is 1.75. The van der Waals surface area contributed by atoms with Crippen molar-refractivity contribution < 1.29 is 14.3 Å². The SMILES string of the molecule is Cc1cc2n[nH]c(CC(=O)O)c2o1. The largest absolute Gasteiger partial charge is 0.481 e. The Kier molecular flexibility index (Phi) is 1.58. The minimum Gasteiger partial charge on any atom is -0.481 e. The molecular weight excluding hydrogens is 172 g/mol. The maximum absolute atomic E-state index is 10.4. The van der Waals surface area contributed by atoms with Gasteiger partial charge >= 0.3 is 5.97 Å². The van der Waals surface area contributed by atoms with Gasteiger partial charge in [-0.2, -0.15) is 5.10 Å². The number of hydrogen-bond donors (Lipinski definition) is 2. The number of carbonyl (C=O) groups is 1. The monoisotopic (exact) mass is 180 g/mol. The van der Waals surface area contributed by atoms with Gasteiger partial charge in [0.2, 0.25) is 0 Å². The van der Waals surface area contributed by atoms with E-state index in [2.05, 4.69) is 10.2 Å². The fourth-order valence-electron chi connectivity index (χ4n) is 1.25. The molecule has 2 N–H and O–H groups in total. The Morgan fingerprint density at radius 3 is 3.23 bits per heavy atom. The summed E-state index contributed by atoms with van der Waals surface area (Å²) in [4.78, 5) is 10.4. The lowest BCUT2D eigenvalue weighted by molar-refractivity contribution is -0.136. The first-order valence-corrected chi connectivity index (χ1v) is 3.82. The predicted molar refractivity (Wildman–Crippen MR) is 44.4 cm³/mol. The van der Waals surface area contributed by atoms with Crippen LogP contribution in [0.2, 0.25) is 0 Å². The molecule has 2 aromatic heterocycles. The van der Waals surface area contributed by atoms with E-state index in [1.807, 2.05) is 0 Å². The number of fused-ring (bicyclic) bond motifs is 1. The lowest BCUT2D eigenvalue weighted by Gasteiger charge is -1.89. The summed E-state index contributed by atoms with van der Waals surface area (Å²) in [5.74, 6) is -0.169. The lowest BCUT2D eigenvalue weighted by atomic mass is 10.3. The van der Waals surface area contributed by atoms with Crippen LogP contribution in [0.5, 0.6) is 0 Å². The molecule has 2 heterocycles. The van der Waals surface area contributed by atoms with Crippen LogP contribution in [-0.2, 0) is 11.2 Å². The van der Waals surface area contributed by atoms with Crippen molar-refractivity contribution in [2.24, 2.45) is 0 Å². The molecule has 0 aliphatic rings. The fraction of sp³-hybridized carbons (Fsp3) is 0.250. The van der Waals surface area contributed by atoms with Crippen molar-refractivity contribution in [2.75, 3.05) is 0 Å². The second-order valence-corrected chi connectivity index (χ2v) is 2.84. The van der Waals surface area contributed by atoms with Crippen molar-refractivity contribution in [3.8, 4) is 0 Å².